The lowest BCUT2D eigenvalue weighted by molar-refractivity contribution is 0.0956. The van der Waals surface area contributed by atoms with E-state index in [0.717, 1.165) is 27.6 Å². The van der Waals surface area contributed by atoms with Crippen LogP contribution in [0.15, 0.2) is 57.8 Å². The molecule has 1 unspecified atom stereocenters. The molecule has 4 aromatic rings. The second-order valence-corrected chi connectivity index (χ2v) is 7.77. The minimum Gasteiger partial charge on any atom is -0.588 e. The molecule has 0 aliphatic heterocycles. The third kappa shape index (κ3) is 3.29. The Labute approximate surface area is 159 Å². The van der Waals surface area contributed by atoms with Crippen LogP contribution in [0.4, 0.5) is 0 Å². The van der Waals surface area contributed by atoms with Crippen molar-refractivity contribution in [1.82, 2.24) is 9.71 Å². The van der Waals surface area contributed by atoms with Crippen LogP contribution in [0.2, 0.25) is 0 Å². The highest BCUT2D eigenvalue weighted by molar-refractivity contribution is 7.90. The minimum absolute atomic E-state index is 0.136. The van der Waals surface area contributed by atoms with Gasteiger partial charge in [-0.25, -0.2) is 4.98 Å². The van der Waals surface area contributed by atoms with E-state index in [4.69, 9.17) is 4.42 Å². The Kier molecular flexibility index (Phi) is 4.37. The van der Waals surface area contributed by atoms with Crippen molar-refractivity contribution in [3.63, 3.8) is 0 Å². The number of benzene rings is 2. The number of para-hydroxylation sites is 1. The Bertz CT molecular complexity index is 1180. The van der Waals surface area contributed by atoms with Gasteiger partial charge in [-0.05, 0) is 56.2 Å². The number of nitrogens with zero attached hydrogens (tertiary/aromatic N) is 1. The van der Waals surface area contributed by atoms with Gasteiger partial charge in [-0.15, -0.1) is 0 Å². The summed E-state index contributed by atoms with van der Waals surface area (Å²) in [5, 5.41) is 1.74. The zero-order valence-corrected chi connectivity index (χ0v) is 16.0. The van der Waals surface area contributed by atoms with Gasteiger partial charge < -0.3 is 8.97 Å². The van der Waals surface area contributed by atoms with Gasteiger partial charge in [-0.3, -0.25) is 4.79 Å². The molecule has 6 heteroatoms. The van der Waals surface area contributed by atoms with Crippen molar-refractivity contribution in [2.24, 2.45) is 0 Å². The third-order valence-electron chi connectivity index (χ3n) is 4.42. The largest absolute Gasteiger partial charge is 0.588 e. The summed E-state index contributed by atoms with van der Waals surface area (Å²) in [4.78, 5) is 17.5. The van der Waals surface area contributed by atoms with E-state index >= 15 is 0 Å². The van der Waals surface area contributed by atoms with Crippen molar-refractivity contribution in [3.05, 3.63) is 71.1 Å². The van der Waals surface area contributed by atoms with Crippen LogP contribution in [0.1, 0.15) is 27.4 Å². The van der Waals surface area contributed by atoms with E-state index in [0.29, 0.717) is 16.0 Å². The minimum atomic E-state index is -1.75. The summed E-state index contributed by atoms with van der Waals surface area (Å²) in [5.74, 6) is -0.386. The molecule has 0 bridgehead atoms. The zero-order valence-electron chi connectivity index (χ0n) is 15.2. The fourth-order valence-corrected chi connectivity index (χ4v) is 4.08. The van der Waals surface area contributed by atoms with Crippen LogP contribution in [0.5, 0.6) is 0 Å². The number of hydrogen-bond acceptors (Lipinski definition) is 4. The first kappa shape index (κ1) is 17.6. The van der Waals surface area contributed by atoms with E-state index in [-0.39, 0.29) is 5.76 Å². The summed E-state index contributed by atoms with van der Waals surface area (Å²) in [5.41, 5.74) is 4.17. The Morgan fingerprint density at radius 3 is 2.74 bits per heavy atom. The first-order valence-electron chi connectivity index (χ1n) is 8.52. The summed E-state index contributed by atoms with van der Waals surface area (Å²) in [6, 6.07) is 14.8. The number of nitrogens with one attached hydrogen (secondary N) is 1. The molecule has 1 atom stereocenters. The van der Waals surface area contributed by atoms with E-state index in [1.165, 1.54) is 0 Å². The molecule has 2 aromatic carbocycles. The number of aromatic nitrogens is 1. The molecule has 4 rings (SSSR count). The molecule has 136 valence electrons. The number of hydrogen-bond donors (Lipinski definition) is 1. The molecule has 2 aromatic heterocycles. The highest BCUT2D eigenvalue weighted by Gasteiger charge is 2.23. The van der Waals surface area contributed by atoms with Gasteiger partial charge >= 0.3 is 5.91 Å². The van der Waals surface area contributed by atoms with Crippen LogP contribution < -0.4 is 4.72 Å². The maximum atomic E-state index is 12.8. The first-order valence-corrected chi connectivity index (χ1v) is 9.67. The monoisotopic (exact) mass is 378 g/mol. The van der Waals surface area contributed by atoms with Crippen molar-refractivity contribution in [2.75, 3.05) is 0 Å². The van der Waals surface area contributed by atoms with Gasteiger partial charge in [0.15, 0.2) is 5.76 Å². The fourth-order valence-electron chi connectivity index (χ4n) is 3.16. The molecule has 0 aliphatic carbocycles. The van der Waals surface area contributed by atoms with Crippen molar-refractivity contribution in [1.29, 1.82) is 0 Å². The number of fused-ring (bicyclic) bond motifs is 2. The van der Waals surface area contributed by atoms with Crippen LogP contribution in [-0.4, -0.2) is 15.4 Å². The topological polar surface area (TPSA) is 78.2 Å². The molecule has 0 radical (unpaired) electrons. The maximum absolute atomic E-state index is 12.8. The first-order chi connectivity index (χ1) is 12.9. The maximum Gasteiger partial charge on any atom is 0.328 e. The highest BCUT2D eigenvalue weighted by Crippen LogP contribution is 2.25. The van der Waals surface area contributed by atoms with Crippen LogP contribution in [-0.2, 0) is 11.4 Å². The van der Waals surface area contributed by atoms with Crippen molar-refractivity contribution < 1.29 is 13.8 Å². The summed E-state index contributed by atoms with van der Waals surface area (Å²) < 4.78 is 21.0. The normalized spacial score (nSPS) is 12.4. The molecule has 2 heterocycles. The number of amides is 1. The number of carbonyl (C=O) groups is 1. The summed E-state index contributed by atoms with van der Waals surface area (Å²) in [6.07, 6.45) is 0. The number of furan rings is 1. The number of aryl methyl sites for hydroxylation is 3. The average molecular weight is 378 g/mol. The lowest BCUT2D eigenvalue weighted by atomic mass is 10.1. The van der Waals surface area contributed by atoms with E-state index in [1.807, 2.05) is 51.1 Å². The molecule has 0 saturated heterocycles. The third-order valence-corrected chi connectivity index (χ3v) is 5.52. The standard InChI is InChI=1S/C21H18N2O3S/c1-12-9-13(2)16-11-18(26-17(16)10-12)21(24)23-27(25)19-6-4-5-15-8-7-14(3)22-20(15)19/h4-11H,1-3H3,(H,23,24). The molecule has 27 heavy (non-hydrogen) atoms. The Balaban J connectivity index is 1.65. The predicted molar refractivity (Wildman–Crippen MR) is 106 cm³/mol. The summed E-state index contributed by atoms with van der Waals surface area (Å²) in [7, 11) is 0. The van der Waals surface area contributed by atoms with E-state index in [9.17, 15) is 9.35 Å². The number of pyridine rings is 1. The molecular weight excluding hydrogens is 360 g/mol. The van der Waals surface area contributed by atoms with Crippen molar-refractivity contribution in [2.45, 2.75) is 25.7 Å². The van der Waals surface area contributed by atoms with Gasteiger partial charge in [0.1, 0.15) is 22.5 Å². The van der Waals surface area contributed by atoms with Gasteiger partial charge in [0.05, 0.1) is 0 Å². The van der Waals surface area contributed by atoms with Gasteiger partial charge in [0.25, 0.3) is 0 Å². The lowest BCUT2D eigenvalue weighted by Gasteiger charge is -2.11. The average Bonchev–Trinajstić information content (AvgIpc) is 3.05. The second kappa shape index (κ2) is 6.72. The molecule has 0 aliphatic rings. The van der Waals surface area contributed by atoms with Crippen LogP contribution in [0.3, 0.4) is 0 Å². The summed E-state index contributed by atoms with van der Waals surface area (Å²) in [6.45, 7) is 5.81. The molecule has 0 saturated carbocycles. The number of rotatable bonds is 3. The Hall–Kier alpha value is -2.83. The van der Waals surface area contributed by atoms with Gasteiger partial charge in [-0.2, -0.15) is 4.72 Å². The lowest BCUT2D eigenvalue weighted by Crippen LogP contribution is -2.30. The summed E-state index contributed by atoms with van der Waals surface area (Å²) >= 11 is -1.75. The van der Waals surface area contributed by atoms with E-state index in [2.05, 4.69) is 9.71 Å². The van der Waals surface area contributed by atoms with Crippen molar-refractivity contribution in [3.8, 4) is 0 Å². The quantitative estimate of drug-likeness (QED) is 0.537. The number of carbonyl (C=O) groups excluding carboxylic acids is 1. The van der Waals surface area contributed by atoms with Gasteiger partial charge in [0.2, 0.25) is 4.90 Å². The Morgan fingerprint density at radius 1 is 1.11 bits per heavy atom. The highest BCUT2D eigenvalue weighted by atomic mass is 32.2. The molecule has 5 nitrogen and oxygen atoms in total. The molecule has 0 spiro atoms. The van der Waals surface area contributed by atoms with Crippen LogP contribution >= 0.6 is 0 Å². The van der Waals surface area contributed by atoms with E-state index < -0.39 is 17.3 Å². The second-order valence-electron chi connectivity index (χ2n) is 6.58. The van der Waals surface area contributed by atoms with Gasteiger partial charge in [-0.1, -0.05) is 24.3 Å². The fraction of sp³-hybridized carbons (Fsp3) is 0.143. The van der Waals surface area contributed by atoms with Crippen LogP contribution in [0.25, 0.3) is 21.9 Å². The Morgan fingerprint density at radius 2 is 1.93 bits per heavy atom. The van der Waals surface area contributed by atoms with Gasteiger partial charge in [0, 0.05) is 16.5 Å². The molecule has 0 fully saturated rings. The molecular formula is C21H18N2O3S. The molecule has 1 N–H and O–H groups in total. The predicted octanol–water partition coefficient (Wildman–Crippen LogP) is 4.36. The molecule has 1 amide bonds. The SMILES string of the molecule is Cc1cc(C)c2cc(C(=O)N[S+]([O-])c3cccc4ccc(C)nc34)oc2c1. The van der Waals surface area contributed by atoms with E-state index in [1.54, 1.807) is 18.2 Å². The van der Waals surface area contributed by atoms with Crippen molar-refractivity contribution >= 4 is 39.1 Å². The zero-order chi connectivity index (χ0) is 19.1. The van der Waals surface area contributed by atoms with Crippen LogP contribution in [0, 0.1) is 20.8 Å². The smallest absolute Gasteiger partial charge is 0.328 e.